The van der Waals surface area contributed by atoms with E-state index in [1.807, 2.05) is 32.0 Å². The van der Waals surface area contributed by atoms with Crippen LogP contribution in [0.15, 0.2) is 18.2 Å². The molecule has 0 bridgehead atoms. The van der Waals surface area contributed by atoms with Crippen molar-refractivity contribution in [3.8, 4) is 0 Å². The lowest BCUT2D eigenvalue weighted by Gasteiger charge is -2.13. The SMILES string of the molecule is CCCNc1cccc(NC(=O)CC)c1C. The van der Waals surface area contributed by atoms with Gasteiger partial charge in [0, 0.05) is 24.3 Å². The third-order valence-electron chi connectivity index (χ3n) is 2.49. The molecule has 0 aliphatic heterocycles. The zero-order valence-electron chi connectivity index (χ0n) is 10.3. The van der Waals surface area contributed by atoms with E-state index in [4.69, 9.17) is 0 Å². The quantitative estimate of drug-likeness (QED) is 0.800. The first-order valence-electron chi connectivity index (χ1n) is 5.82. The lowest BCUT2D eigenvalue weighted by Crippen LogP contribution is -2.11. The summed E-state index contributed by atoms with van der Waals surface area (Å²) in [6.07, 6.45) is 1.59. The van der Waals surface area contributed by atoms with Crippen LogP contribution in [0.25, 0.3) is 0 Å². The van der Waals surface area contributed by atoms with Crippen LogP contribution in [0, 0.1) is 6.92 Å². The second kappa shape index (κ2) is 6.16. The van der Waals surface area contributed by atoms with Gasteiger partial charge in [-0.1, -0.05) is 19.9 Å². The lowest BCUT2D eigenvalue weighted by molar-refractivity contribution is -0.115. The minimum absolute atomic E-state index is 0.0516. The molecule has 0 spiro atoms. The van der Waals surface area contributed by atoms with E-state index in [2.05, 4.69) is 17.6 Å². The van der Waals surface area contributed by atoms with Gasteiger partial charge in [-0.25, -0.2) is 0 Å². The van der Waals surface area contributed by atoms with Crippen molar-refractivity contribution in [3.05, 3.63) is 23.8 Å². The van der Waals surface area contributed by atoms with E-state index in [0.717, 1.165) is 29.9 Å². The zero-order valence-corrected chi connectivity index (χ0v) is 10.3. The van der Waals surface area contributed by atoms with E-state index in [9.17, 15) is 4.79 Å². The smallest absolute Gasteiger partial charge is 0.224 e. The molecule has 1 amide bonds. The third-order valence-corrected chi connectivity index (χ3v) is 2.49. The van der Waals surface area contributed by atoms with Gasteiger partial charge in [-0.05, 0) is 31.0 Å². The van der Waals surface area contributed by atoms with Gasteiger partial charge in [0.05, 0.1) is 0 Å². The van der Waals surface area contributed by atoms with Crippen molar-refractivity contribution >= 4 is 17.3 Å². The summed E-state index contributed by atoms with van der Waals surface area (Å²) in [5, 5.41) is 6.24. The summed E-state index contributed by atoms with van der Waals surface area (Å²) in [5.41, 5.74) is 3.08. The number of nitrogens with one attached hydrogen (secondary N) is 2. The molecule has 1 rings (SSSR count). The Kier molecular flexibility index (Phi) is 4.83. The van der Waals surface area contributed by atoms with Crippen molar-refractivity contribution < 1.29 is 4.79 Å². The molecule has 2 N–H and O–H groups in total. The highest BCUT2D eigenvalue weighted by Gasteiger charge is 2.05. The van der Waals surface area contributed by atoms with Crippen LogP contribution < -0.4 is 10.6 Å². The summed E-state index contributed by atoms with van der Waals surface area (Å²) in [7, 11) is 0. The molecular formula is C13H20N2O. The minimum atomic E-state index is 0.0516. The molecule has 16 heavy (non-hydrogen) atoms. The maximum Gasteiger partial charge on any atom is 0.224 e. The summed E-state index contributed by atoms with van der Waals surface area (Å²) in [6, 6.07) is 5.92. The van der Waals surface area contributed by atoms with Crippen molar-refractivity contribution in [1.29, 1.82) is 0 Å². The van der Waals surface area contributed by atoms with Gasteiger partial charge in [-0.2, -0.15) is 0 Å². The number of hydrogen-bond acceptors (Lipinski definition) is 2. The highest BCUT2D eigenvalue weighted by atomic mass is 16.1. The molecule has 0 atom stereocenters. The number of rotatable bonds is 5. The van der Waals surface area contributed by atoms with Crippen molar-refractivity contribution in [2.75, 3.05) is 17.2 Å². The van der Waals surface area contributed by atoms with Gasteiger partial charge < -0.3 is 10.6 Å². The second-order valence-electron chi connectivity index (χ2n) is 3.81. The summed E-state index contributed by atoms with van der Waals surface area (Å²) < 4.78 is 0. The van der Waals surface area contributed by atoms with Crippen LogP contribution in [-0.4, -0.2) is 12.5 Å². The van der Waals surface area contributed by atoms with Gasteiger partial charge in [0.15, 0.2) is 0 Å². The molecule has 3 heteroatoms. The molecule has 88 valence electrons. The number of amides is 1. The Morgan fingerprint density at radius 3 is 2.56 bits per heavy atom. The molecule has 0 aliphatic rings. The standard InChI is InChI=1S/C13H20N2O/c1-4-9-14-11-7-6-8-12(10(11)3)15-13(16)5-2/h6-8,14H,4-5,9H2,1-3H3,(H,15,16). The van der Waals surface area contributed by atoms with Crippen molar-refractivity contribution in [3.63, 3.8) is 0 Å². The molecule has 0 unspecified atom stereocenters. The van der Waals surface area contributed by atoms with E-state index in [1.54, 1.807) is 0 Å². The predicted molar refractivity (Wildman–Crippen MR) is 68.9 cm³/mol. The van der Waals surface area contributed by atoms with Gasteiger partial charge in [0.1, 0.15) is 0 Å². The molecule has 0 radical (unpaired) electrons. The highest BCUT2D eigenvalue weighted by molar-refractivity contribution is 5.92. The molecule has 1 aromatic rings. The summed E-state index contributed by atoms with van der Waals surface area (Å²) in [6.45, 7) is 6.95. The molecule has 0 aromatic heterocycles. The van der Waals surface area contributed by atoms with Gasteiger partial charge >= 0.3 is 0 Å². The average molecular weight is 220 g/mol. The van der Waals surface area contributed by atoms with Crippen LogP contribution in [0.5, 0.6) is 0 Å². The van der Waals surface area contributed by atoms with Crippen molar-refractivity contribution in [2.45, 2.75) is 33.6 Å². The van der Waals surface area contributed by atoms with Crippen LogP contribution in [0.3, 0.4) is 0 Å². The third kappa shape index (κ3) is 3.26. The van der Waals surface area contributed by atoms with Gasteiger partial charge in [-0.15, -0.1) is 0 Å². The first-order chi connectivity index (χ1) is 7.69. The Hall–Kier alpha value is -1.51. The fourth-order valence-electron chi connectivity index (χ4n) is 1.46. The number of benzene rings is 1. The van der Waals surface area contributed by atoms with Crippen LogP contribution in [-0.2, 0) is 4.79 Å². The Morgan fingerprint density at radius 1 is 1.25 bits per heavy atom. The maximum absolute atomic E-state index is 11.3. The minimum Gasteiger partial charge on any atom is -0.385 e. The van der Waals surface area contributed by atoms with E-state index in [0.29, 0.717) is 6.42 Å². The molecular weight excluding hydrogens is 200 g/mol. The summed E-state index contributed by atoms with van der Waals surface area (Å²) in [4.78, 5) is 11.3. The van der Waals surface area contributed by atoms with E-state index in [1.165, 1.54) is 0 Å². The van der Waals surface area contributed by atoms with E-state index in [-0.39, 0.29) is 5.91 Å². The molecule has 0 heterocycles. The summed E-state index contributed by atoms with van der Waals surface area (Å²) >= 11 is 0. The normalized spacial score (nSPS) is 9.94. The Labute approximate surface area is 97.2 Å². The van der Waals surface area contributed by atoms with Gasteiger partial charge in [0.2, 0.25) is 5.91 Å². The molecule has 0 fully saturated rings. The topological polar surface area (TPSA) is 41.1 Å². The molecule has 0 saturated carbocycles. The zero-order chi connectivity index (χ0) is 12.0. The highest BCUT2D eigenvalue weighted by Crippen LogP contribution is 2.23. The largest absolute Gasteiger partial charge is 0.385 e. The number of anilines is 2. The van der Waals surface area contributed by atoms with Crippen LogP contribution in [0.4, 0.5) is 11.4 Å². The van der Waals surface area contributed by atoms with Crippen LogP contribution in [0.1, 0.15) is 32.3 Å². The Balaban J connectivity index is 2.81. The first kappa shape index (κ1) is 12.6. The molecule has 3 nitrogen and oxygen atoms in total. The van der Waals surface area contributed by atoms with E-state index < -0.39 is 0 Å². The average Bonchev–Trinajstić information content (AvgIpc) is 2.30. The fourth-order valence-corrected chi connectivity index (χ4v) is 1.46. The van der Waals surface area contributed by atoms with Crippen molar-refractivity contribution in [1.82, 2.24) is 0 Å². The monoisotopic (exact) mass is 220 g/mol. The van der Waals surface area contributed by atoms with E-state index >= 15 is 0 Å². The molecule has 0 saturated heterocycles. The van der Waals surface area contributed by atoms with Crippen molar-refractivity contribution in [2.24, 2.45) is 0 Å². The fraction of sp³-hybridized carbons (Fsp3) is 0.462. The Morgan fingerprint density at radius 2 is 1.94 bits per heavy atom. The predicted octanol–water partition coefficient (Wildman–Crippen LogP) is 3.17. The molecule has 1 aromatic carbocycles. The lowest BCUT2D eigenvalue weighted by atomic mass is 10.1. The number of carbonyl (C=O) groups excluding carboxylic acids is 1. The molecule has 0 aliphatic carbocycles. The number of hydrogen-bond donors (Lipinski definition) is 2. The van der Waals surface area contributed by atoms with Crippen LogP contribution in [0.2, 0.25) is 0 Å². The maximum atomic E-state index is 11.3. The van der Waals surface area contributed by atoms with Gasteiger partial charge in [-0.3, -0.25) is 4.79 Å². The second-order valence-corrected chi connectivity index (χ2v) is 3.81. The first-order valence-corrected chi connectivity index (χ1v) is 5.82. The number of carbonyl (C=O) groups is 1. The van der Waals surface area contributed by atoms with Crippen LogP contribution >= 0.6 is 0 Å². The van der Waals surface area contributed by atoms with Gasteiger partial charge in [0.25, 0.3) is 0 Å². The summed E-state index contributed by atoms with van der Waals surface area (Å²) in [5.74, 6) is 0.0516. The Bertz CT molecular complexity index is 361.